The van der Waals surface area contributed by atoms with Gasteiger partial charge >= 0.3 is 0 Å². The second-order valence-corrected chi connectivity index (χ2v) is 9.39. The number of nitrogens with zero attached hydrogens (tertiary/aromatic N) is 1. The molecular weight excluding hydrogens is 426 g/mol. The Bertz CT molecular complexity index is 1160. The summed E-state index contributed by atoms with van der Waals surface area (Å²) >= 11 is 7.25. The normalized spacial score (nSPS) is 20.3. The van der Waals surface area contributed by atoms with Gasteiger partial charge in [0.25, 0.3) is 0 Å². The van der Waals surface area contributed by atoms with Gasteiger partial charge in [-0.15, -0.1) is 0 Å². The van der Waals surface area contributed by atoms with Crippen molar-refractivity contribution < 1.29 is 4.74 Å². The van der Waals surface area contributed by atoms with E-state index in [2.05, 4.69) is 90.7 Å². The summed E-state index contributed by atoms with van der Waals surface area (Å²) in [6, 6.07) is 27.4. The highest BCUT2D eigenvalue weighted by Crippen LogP contribution is 2.47. The van der Waals surface area contributed by atoms with E-state index in [4.69, 9.17) is 16.3 Å². The average Bonchev–Trinajstić information content (AvgIpc) is 2.99. The van der Waals surface area contributed by atoms with Crippen LogP contribution < -0.4 is 4.74 Å². The Morgan fingerprint density at radius 1 is 0.879 bits per heavy atom. The lowest BCUT2D eigenvalue weighted by Gasteiger charge is -2.26. The largest absolute Gasteiger partial charge is 0.455 e. The van der Waals surface area contributed by atoms with Crippen LogP contribution >= 0.6 is 11.6 Å². The zero-order valence-electron chi connectivity index (χ0n) is 19.1. The highest BCUT2D eigenvalue weighted by Gasteiger charge is 2.31. The molecule has 2 aliphatic rings. The number of benzene rings is 3. The van der Waals surface area contributed by atoms with E-state index in [1.54, 1.807) is 0 Å². The number of rotatable bonds is 4. The maximum Gasteiger partial charge on any atom is 0.153 e. The summed E-state index contributed by atoms with van der Waals surface area (Å²) < 4.78 is 6.56. The van der Waals surface area contributed by atoms with Crippen LogP contribution in [0.15, 0.2) is 95.5 Å². The predicted octanol–water partition coefficient (Wildman–Crippen LogP) is 7.54. The highest BCUT2D eigenvalue weighted by molar-refractivity contribution is 6.35. The minimum Gasteiger partial charge on any atom is -0.455 e. The Hall–Kier alpha value is -2.81. The van der Waals surface area contributed by atoms with Crippen molar-refractivity contribution in [1.29, 1.82) is 0 Å². The zero-order chi connectivity index (χ0) is 22.6. The Balaban J connectivity index is 1.68. The third kappa shape index (κ3) is 4.78. The van der Waals surface area contributed by atoms with Gasteiger partial charge in [-0.1, -0.05) is 102 Å². The summed E-state index contributed by atoms with van der Waals surface area (Å²) in [7, 11) is 0. The molecule has 5 rings (SSSR count). The molecule has 0 aliphatic carbocycles. The third-order valence-electron chi connectivity index (χ3n) is 6.67. The van der Waals surface area contributed by atoms with E-state index in [9.17, 15) is 0 Å². The van der Waals surface area contributed by atoms with Crippen molar-refractivity contribution in [2.45, 2.75) is 32.1 Å². The van der Waals surface area contributed by atoms with Gasteiger partial charge in [-0.05, 0) is 50.1 Å². The molecule has 1 atom stereocenters. The van der Waals surface area contributed by atoms with Crippen LogP contribution in [0.25, 0.3) is 5.76 Å². The van der Waals surface area contributed by atoms with Crippen LogP contribution in [0.2, 0.25) is 0 Å². The Morgan fingerprint density at radius 2 is 1.58 bits per heavy atom. The molecule has 168 valence electrons. The first-order valence-electron chi connectivity index (χ1n) is 11.9. The molecule has 0 radical (unpaired) electrons. The second kappa shape index (κ2) is 9.99. The molecule has 2 nitrogen and oxygen atoms in total. The fraction of sp³-hybridized carbons (Fsp3) is 0.267. The van der Waals surface area contributed by atoms with E-state index < -0.39 is 0 Å². The van der Waals surface area contributed by atoms with Crippen LogP contribution in [0, 0.1) is 6.92 Å². The van der Waals surface area contributed by atoms with Crippen molar-refractivity contribution in [3.8, 4) is 5.75 Å². The molecule has 2 heterocycles. The van der Waals surface area contributed by atoms with Crippen molar-refractivity contribution in [3.05, 3.63) is 118 Å². The van der Waals surface area contributed by atoms with E-state index in [1.807, 2.05) is 6.07 Å². The zero-order valence-corrected chi connectivity index (χ0v) is 19.9. The van der Waals surface area contributed by atoms with Gasteiger partial charge in [-0.3, -0.25) is 4.90 Å². The van der Waals surface area contributed by atoms with Gasteiger partial charge < -0.3 is 4.74 Å². The number of para-hydroxylation sites is 1. The molecule has 0 unspecified atom stereocenters. The van der Waals surface area contributed by atoms with Crippen LogP contribution in [0.1, 0.15) is 47.4 Å². The Kier molecular flexibility index (Phi) is 6.66. The predicted molar refractivity (Wildman–Crippen MR) is 138 cm³/mol. The number of hydrogen-bond acceptors (Lipinski definition) is 2. The third-order valence-corrected chi connectivity index (χ3v) is 7.06. The Labute approximate surface area is 202 Å². The molecule has 3 heteroatoms. The second-order valence-electron chi connectivity index (χ2n) is 9.01. The lowest BCUT2D eigenvalue weighted by Crippen LogP contribution is -2.30. The molecule has 0 aromatic heterocycles. The number of allylic oxidation sites excluding steroid dienone is 2. The molecule has 3 aromatic rings. The van der Waals surface area contributed by atoms with E-state index in [0.29, 0.717) is 5.03 Å². The van der Waals surface area contributed by atoms with Gasteiger partial charge in [0.2, 0.25) is 0 Å². The summed E-state index contributed by atoms with van der Waals surface area (Å²) in [6.45, 7) is 5.30. The van der Waals surface area contributed by atoms with Gasteiger partial charge in [0.1, 0.15) is 5.75 Å². The minimum atomic E-state index is 0.0163. The van der Waals surface area contributed by atoms with Crippen molar-refractivity contribution in [2.24, 2.45) is 0 Å². The van der Waals surface area contributed by atoms with Crippen LogP contribution in [0.3, 0.4) is 0 Å². The first-order valence-corrected chi connectivity index (χ1v) is 12.3. The number of piperidine rings is 1. The molecule has 1 saturated heterocycles. The number of ether oxygens (including phenoxy) is 1. The summed E-state index contributed by atoms with van der Waals surface area (Å²) in [5.41, 5.74) is 5.70. The molecule has 3 aromatic carbocycles. The molecule has 1 fully saturated rings. The molecule has 0 saturated carbocycles. The fourth-order valence-corrected chi connectivity index (χ4v) is 5.20. The standard InChI is InChI=1S/C30H30ClNO/c1-22-14-16-24(17-15-22)30-29(31)26(18-21-32-19-8-3-9-20-32)28(23-10-4-2-5-11-23)25-12-6-7-13-27(25)33-30/h2,4-7,10-18,28H,3,8-9,19-21H2,1H3/b26-18-/t28-/m1/s1. The maximum absolute atomic E-state index is 7.25. The SMILES string of the molecule is Cc1ccc(C2=C(Cl)/C(=C\CN3CCCCC3)[C@H](c3ccccc3)c3ccccc3O2)cc1. The van der Waals surface area contributed by atoms with Gasteiger partial charge in [0.05, 0.1) is 5.03 Å². The lowest BCUT2D eigenvalue weighted by molar-refractivity contribution is 0.251. The fourth-order valence-electron chi connectivity index (χ4n) is 4.86. The Morgan fingerprint density at radius 3 is 2.33 bits per heavy atom. The number of halogens is 1. The highest BCUT2D eigenvalue weighted by atomic mass is 35.5. The molecule has 0 spiro atoms. The number of fused-ring (bicyclic) bond motifs is 1. The van der Waals surface area contributed by atoms with Gasteiger partial charge in [-0.25, -0.2) is 0 Å². The number of likely N-dealkylation sites (tertiary alicyclic amines) is 1. The lowest BCUT2D eigenvalue weighted by atomic mass is 9.83. The van der Waals surface area contributed by atoms with E-state index >= 15 is 0 Å². The van der Waals surface area contributed by atoms with E-state index in [-0.39, 0.29) is 5.92 Å². The van der Waals surface area contributed by atoms with Crippen molar-refractivity contribution in [3.63, 3.8) is 0 Å². The monoisotopic (exact) mass is 455 g/mol. The molecule has 33 heavy (non-hydrogen) atoms. The quantitative estimate of drug-likeness (QED) is 0.403. The number of hydrogen-bond donors (Lipinski definition) is 0. The molecule has 0 bridgehead atoms. The van der Waals surface area contributed by atoms with Gasteiger partial charge in [0, 0.05) is 23.6 Å². The first kappa shape index (κ1) is 22.0. The molecule has 0 amide bonds. The average molecular weight is 456 g/mol. The topological polar surface area (TPSA) is 12.5 Å². The molecule has 0 N–H and O–H groups in total. The smallest absolute Gasteiger partial charge is 0.153 e. The van der Waals surface area contributed by atoms with Gasteiger partial charge in [-0.2, -0.15) is 0 Å². The van der Waals surface area contributed by atoms with Crippen LogP contribution in [-0.2, 0) is 0 Å². The van der Waals surface area contributed by atoms with Gasteiger partial charge in [0.15, 0.2) is 5.76 Å². The van der Waals surface area contributed by atoms with Crippen molar-refractivity contribution >= 4 is 17.4 Å². The maximum atomic E-state index is 7.25. The van der Waals surface area contributed by atoms with Crippen molar-refractivity contribution in [1.82, 2.24) is 4.90 Å². The number of aryl methyl sites for hydroxylation is 1. The van der Waals surface area contributed by atoms with E-state index in [0.717, 1.165) is 47.8 Å². The first-order chi connectivity index (χ1) is 16.2. The van der Waals surface area contributed by atoms with Crippen LogP contribution in [-0.4, -0.2) is 24.5 Å². The summed E-state index contributed by atoms with van der Waals surface area (Å²) in [5, 5.41) is 0.695. The minimum absolute atomic E-state index is 0.0163. The summed E-state index contributed by atoms with van der Waals surface area (Å²) in [6.07, 6.45) is 6.22. The van der Waals surface area contributed by atoms with Crippen LogP contribution in [0.4, 0.5) is 0 Å². The summed E-state index contributed by atoms with van der Waals surface area (Å²) in [4.78, 5) is 2.53. The molecular formula is C30H30ClNO. The summed E-state index contributed by atoms with van der Waals surface area (Å²) in [5.74, 6) is 1.61. The molecule has 2 aliphatic heterocycles. The van der Waals surface area contributed by atoms with E-state index in [1.165, 1.54) is 30.4 Å². The van der Waals surface area contributed by atoms with Crippen LogP contribution in [0.5, 0.6) is 5.75 Å². The van der Waals surface area contributed by atoms with Crippen molar-refractivity contribution in [2.75, 3.05) is 19.6 Å².